The van der Waals surface area contributed by atoms with Crippen LogP contribution in [-0.4, -0.2) is 19.7 Å². The molecule has 0 radical (unpaired) electrons. The minimum absolute atomic E-state index is 0.205. The van der Waals surface area contributed by atoms with E-state index in [9.17, 15) is 0 Å². The van der Waals surface area contributed by atoms with Crippen LogP contribution in [0.1, 0.15) is 40.2 Å². The summed E-state index contributed by atoms with van der Waals surface area (Å²) in [7, 11) is 0. The lowest BCUT2D eigenvalue weighted by atomic mass is 9.87. The third-order valence-electron chi connectivity index (χ3n) is 3.00. The van der Waals surface area contributed by atoms with Crippen LogP contribution in [-0.2, 0) is 5.41 Å². The monoisotopic (exact) mass is 249 g/mol. The maximum absolute atomic E-state index is 5.79. The molecule has 1 aromatic carbocycles. The molecule has 1 N–H and O–H groups in total. The van der Waals surface area contributed by atoms with Crippen molar-refractivity contribution in [2.45, 2.75) is 40.0 Å². The van der Waals surface area contributed by atoms with Gasteiger partial charge in [-0.2, -0.15) is 0 Å². The summed E-state index contributed by atoms with van der Waals surface area (Å²) < 4.78 is 5.79. The quantitative estimate of drug-likeness (QED) is 0.831. The van der Waals surface area contributed by atoms with Gasteiger partial charge in [0.15, 0.2) is 0 Å². The molecule has 0 spiro atoms. The molecule has 1 rings (SSSR count). The Morgan fingerprint density at radius 3 is 2.28 bits per heavy atom. The third kappa shape index (κ3) is 5.09. The molecule has 1 unspecified atom stereocenters. The maximum atomic E-state index is 5.79. The first kappa shape index (κ1) is 15.0. The Bertz CT molecular complexity index is 337. The van der Waals surface area contributed by atoms with Crippen molar-refractivity contribution in [1.29, 1.82) is 0 Å². The van der Waals surface area contributed by atoms with Crippen LogP contribution >= 0.6 is 0 Å². The van der Waals surface area contributed by atoms with Gasteiger partial charge in [0, 0.05) is 12.5 Å². The zero-order chi connectivity index (χ0) is 13.6. The largest absolute Gasteiger partial charge is 0.493 e. The molecule has 0 amide bonds. The summed E-state index contributed by atoms with van der Waals surface area (Å²) in [5.41, 5.74) is 1.55. The first-order valence-electron chi connectivity index (χ1n) is 6.87. The SMILES string of the molecule is CCNCC(C)COc1ccc(C(C)(C)C)cc1. The first-order chi connectivity index (χ1) is 8.43. The average molecular weight is 249 g/mol. The van der Waals surface area contributed by atoms with Crippen molar-refractivity contribution in [3.8, 4) is 5.75 Å². The molecule has 0 fully saturated rings. The van der Waals surface area contributed by atoms with Crippen LogP contribution in [0.3, 0.4) is 0 Å². The molecule has 0 aliphatic carbocycles. The van der Waals surface area contributed by atoms with Crippen molar-refractivity contribution in [1.82, 2.24) is 5.32 Å². The standard InChI is InChI=1S/C16H27NO/c1-6-17-11-13(2)12-18-15-9-7-14(8-10-15)16(3,4)5/h7-10,13,17H,6,11-12H2,1-5H3. The minimum atomic E-state index is 0.205. The van der Waals surface area contributed by atoms with Crippen LogP contribution in [0, 0.1) is 5.92 Å². The molecule has 1 atom stereocenters. The molecule has 2 heteroatoms. The smallest absolute Gasteiger partial charge is 0.119 e. The Kier molecular flexibility index (Phi) is 5.67. The highest BCUT2D eigenvalue weighted by molar-refractivity contribution is 5.31. The summed E-state index contributed by atoms with van der Waals surface area (Å²) in [6.07, 6.45) is 0. The van der Waals surface area contributed by atoms with Gasteiger partial charge in [0.1, 0.15) is 5.75 Å². The van der Waals surface area contributed by atoms with E-state index in [-0.39, 0.29) is 5.41 Å². The maximum Gasteiger partial charge on any atom is 0.119 e. The van der Waals surface area contributed by atoms with E-state index in [2.05, 4.69) is 64.2 Å². The summed E-state index contributed by atoms with van der Waals surface area (Å²) in [4.78, 5) is 0. The number of nitrogens with one attached hydrogen (secondary N) is 1. The Labute approximate surface area is 112 Å². The molecule has 0 heterocycles. The van der Waals surface area contributed by atoms with Crippen LogP contribution in [0.4, 0.5) is 0 Å². The zero-order valence-corrected chi connectivity index (χ0v) is 12.4. The number of ether oxygens (including phenoxy) is 1. The van der Waals surface area contributed by atoms with Crippen LogP contribution in [0.2, 0.25) is 0 Å². The van der Waals surface area contributed by atoms with Crippen LogP contribution in [0.25, 0.3) is 0 Å². The Balaban J connectivity index is 2.44. The predicted octanol–water partition coefficient (Wildman–Crippen LogP) is 3.61. The van der Waals surface area contributed by atoms with Gasteiger partial charge in [0.2, 0.25) is 0 Å². The lowest BCUT2D eigenvalue weighted by molar-refractivity contribution is 0.256. The number of benzene rings is 1. The minimum Gasteiger partial charge on any atom is -0.493 e. The second kappa shape index (κ2) is 6.79. The molecule has 0 saturated carbocycles. The summed E-state index contributed by atoms with van der Waals surface area (Å²) in [6.45, 7) is 13.8. The van der Waals surface area contributed by atoms with E-state index in [1.165, 1.54) is 5.56 Å². The summed E-state index contributed by atoms with van der Waals surface area (Å²) in [6, 6.07) is 8.45. The number of hydrogen-bond donors (Lipinski definition) is 1. The van der Waals surface area contributed by atoms with Crippen molar-refractivity contribution in [3.63, 3.8) is 0 Å². The molecule has 0 bridgehead atoms. The lowest BCUT2D eigenvalue weighted by Gasteiger charge is -2.19. The second-order valence-corrected chi connectivity index (χ2v) is 6.00. The van der Waals surface area contributed by atoms with E-state index in [1.807, 2.05) is 0 Å². The van der Waals surface area contributed by atoms with Gasteiger partial charge < -0.3 is 10.1 Å². The fraction of sp³-hybridized carbons (Fsp3) is 0.625. The Hall–Kier alpha value is -1.02. The summed E-state index contributed by atoms with van der Waals surface area (Å²) in [5.74, 6) is 1.50. The number of rotatable bonds is 6. The van der Waals surface area contributed by atoms with Crippen LogP contribution < -0.4 is 10.1 Å². The van der Waals surface area contributed by atoms with Gasteiger partial charge in [-0.25, -0.2) is 0 Å². The molecular formula is C16H27NO. The molecule has 1 aromatic rings. The van der Waals surface area contributed by atoms with Crippen LogP contribution in [0.5, 0.6) is 5.75 Å². The fourth-order valence-corrected chi connectivity index (χ4v) is 1.74. The van der Waals surface area contributed by atoms with Gasteiger partial charge in [0.25, 0.3) is 0 Å². The highest BCUT2D eigenvalue weighted by Crippen LogP contribution is 2.24. The van der Waals surface area contributed by atoms with E-state index in [4.69, 9.17) is 4.74 Å². The summed E-state index contributed by atoms with van der Waals surface area (Å²) >= 11 is 0. The van der Waals surface area contributed by atoms with Crippen molar-refractivity contribution < 1.29 is 4.74 Å². The highest BCUT2D eigenvalue weighted by atomic mass is 16.5. The first-order valence-corrected chi connectivity index (χ1v) is 6.87. The van der Waals surface area contributed by atoms with E-state index < -0.39 is 0 Å². The molecule has 0 aliphatic rings. The van der Waals surface area contributed by atoms with Gasteiger partial charge in [-0.1, -0.05) is 46.8 Å². The molecule has 0 aromatic heterocycles. The van der Waals surface area contributed by atoms with Crippen molar-refractivity contribution >= 4 is 0 Å². The Morgan fingerprint density at radius 1 is 1.17 bits per heavy atom. The van der Waals surface area contributed by atoms with Gasteiger partial charge in [-0.3, -0.25) is 0 Å². The molecule has 0 saturated heterocycles. The van der Waals surface area contributed by atoms with Crippen molar-refractivity contribution in [2.24, 2.45) is 5.92 Å². The predicted molar refractivity (Wildman–Crippen MR) is 78.3 cm³/mol. The Morgan fingerprint density at radius 2 is 1.78 bits per heavy atom. The third-order valence-corrected chi connectivity index (χ3v) is 3.00. The van der Waals surface area contributed by atoms with E-state index in [0.29, 0.717) is 5.92 Å². The van der Waals surface area contributed by atoms with Crippen molar-refractivity contribution in [2.75, 3.05) is 19.7 Å². The van der Waals surface area contributed by atoms with Gasteiger partial charge in [-0.15, -0.1) is 0 Å². The van der Waals surface area contributed by atoms with E-state index in [0.717, 1.165) is 25.4 Å². The molecule has 0 aliphatic heterocycles. The topological polar surface area (TPSA) is 21.3 Å². The van der Waals surface area contributed by atoms with Gasteiger partial charge in [-0.05, 0) is 29.7 Å². The molecule has 18 heavy (non-hydrogen) atoms. The normalized spacial score (nSPS) is 13.4. The van der Waals surface area contributed by atoms with Gasteiger partial charge in [0.05, 0.1) is 6.61 Å². The molecule has 2 nitrogen and oxygen atoms in total. The number of hydrogen-bond acceptors (Lipinski definition) is 2. The lowest BCUT2D eigenvalue weighted by Crippen LogP contribution is -2.24. The summed E-state index contributed by atoms with van der Waals surface area (Å²) in [5, 5.41) is 3.33. The zero-order valence-electron chi connectivity index (χ0n) is 12.4. The average Bonchev–Trinajstić information content (AvgIpc) is 2.33. The highest BCUT2D eigenvalue weighted by Gasteiger charge is 2.13. The van der Waals surface area contributed by atoms with E-state index >= 15 is 0 Å². The van der Waals surface area contributed by atoms with Crippen molar-refractivity contribution in [3.05, 3.63) is 29.8 Å². The molecular weight excluding hydrogens is 222 g/mol. The fourth-order valence-electron chi connectivity index (χ4n) is 1.74. The van der Waals surface area contributed by atoms with E-state index in [1.54, 1.807) is 0 Å². The van der Waals surface area contributed by atoms with Crippen LogP contribution in [0.15, 0.2) is 24.3 Å². The second-order valence-electron chi connectivity index (χ2n) is 6.00. The molecule has 102 valence electrons. The van der Waals surface area contributed by atoms with Gasteiger partial charge >= 0.3 is 0 Å².